The lowest BCUT2D eigenvalue weighted by atomic mass is 10.1. The highest BCUT2D eigenvalue weighted by atomic mass is 32.2. The third kappa shape index (κ3) is 3.08. The van der Waals surface area contributed by atoms with E-state index < -0.39 is 18.1 Å². The van der Waals surface area contributed by atoms with Gasteiger partial charge in [-0.15, -0.1) is 0 Å². The molecule has 3 N–H and O–H groups in total. The Kier molecular flexibility index (Phi) is 4.34. The standard InChI is InChI=1S/C11H18N2O4S/c14-8-3-9(10(15)16)13(5-8)11(17)12-4-7-1-2-18-6-7/h7-9,14H,1-6H2,(H,12,17)(H,15,16)/t7?,8-,9-/m1/s1. The SMILES string of the molecule is O=C(O)[C@H]1C[C@@H](O)CN1C(=O)NCC1CCSC1. The molecule has 2 saturated heterocycles. The number of carbonyl (C=O) groups is 2. The van der Waals surface area contributed by atoms with E-state index in [1.165, 1.54) is 4.90 Å². The molecule has 2 aliphatic heterocycles. The Morgan fingerprint density at radius 2 is 2.22 bits per heavy atom. The van der Waals surface area contributed by atoms with E-state index >= 15 is 0 Å². The number of carboxylic acids is 1. The Hall–Kier alpha value is -0.950. The maximum absolute atomic E-state index is 11.9. The quantitative estimate of drug-likeness (QED) is 0.672. The fourth-order valence-electron chi connectivity index (χ4n) is 2.35. The number of aliphatic hydroxyl groups is 1. The van der Waals surface area contributed by atoms with E-state index in [-0.39, 0.29) is 19.0 Å². The molecule has 6 nitrogen and oxygen atoms in total. The lowest BCUT2D eigenvalue weighted by molar-refractivity contribution is -0.141. The van der Waals surface area contributed by atoms with E-state index in [4.69, 9.17) is 5.11 Å². The van der Waals surface area contributed by atoms with Crippen molar-refractivity contribution in [3.8, 4) is 0 Å². The molecule has 0 aromatic rings. The number of carboxylic acid groups (broad SMARTS) is 1. The molecular weight excluding hydrogens is 256 g/mol. The number of hydrogen-bond acceptors (Lipinski definition) is 4. The van der Waals surface area contributed by atoms with Crippen LogP contribution in [0.2, 0.25) is 0 Å². The van der Waals surface area contributed by atoms with Crippen molar-refractivity contribution < 1.29 is 19.8 Å². The number of aliphatic hydroxyl groups excluding tert-OH is 1. The Balaban J connectivity index is 1.85. The van der Waals surface area contributed by atoms with Gasteiger partial charge >= 0.3 is 12.0 Å². The van der Waals surface area contributed by atoms with Crippen molar-refractivity contribution in [3.05, 3.63) is 0 Å². The summed E-state index contributed by atoms with van der Waals surface area (Å²) in [5.41, 5.74) is 0. The molecule has 1 unspecified atom stereocenters. The molecule has 0 aliphatic carbocycles. The molecule has 18 heavy (non-hydrogen) atoms. The van der Waals surface area contributed by atoms with Crippen LogP contribution >= 0.6 is 11.8 Å². The van der Waals surface area contributed by atoms with E-state index in [0.29, 0.717) is 12.5 Å². The Bertz CT molecular complexity index is 333. The highest BCUT2D eigenvalue weighted by Crippen LogP contribution is 2.23. The number of amides is 2. The van der Waals surface area contributed by atoms with Crippen molar-refractivity contribution in [2.24, 2.45) is 5.92 Å². The predicted molar refractivity (Wildman–Crippen MR) is 67.6 cm³/mol. The number of β-amino-alcohol motifs (C(OH)–C–C–N with tert-alkyl or cyclic N) is 1. The van der Waals surface area contributed by atoms with Crippen LogP contribution in [0.5, 0.6) is 0 Å². The maximum atomic E-state index is 11.9. The average molecular weight is 274 g/mol. The first kappa shape index (κ1) is 13.5. The number of hydrogen-bond donors (Lipinski definition) is 3. The highest BCUT2D eigenvalue weighted by Gasteiger charge is 2.39. The van der Waals surface area contributed by atoms with Gasteiger partial charge in [-0.3, -0.25) is 0 Å². The second kappa shape index (κ2) is 5.79. The second-order valence-corrected chi connectivity index (χ2v) is 5.96. The zero-order chi connectivity index (χ0) is 13.1. The third-order valence-corrected chi connectivity index (χ3v) is 4.62. The average Bonchev–Trinajstić information content (AvgIpc) is 2.94. The zero-order valence-electron chi connectivity index (χ0n) is 10.0. The summed E-state index contributed by atoms with van der Waals surface area (Å²) in [4.78, 5) is 24.1. The molecule has 7 heteroatoms. The van der Waals surface area contributed by atoms with Crippen LogP contribution < -0.4 is 5.32 Å². The van der Waals surface area contributed by atoms with E-state index in [0.717, 1.165) is 17.9 Å². The maximum Gasteiger partial charge on any atom is 0.326 e. The van der Waals surface area contributed by atoms with Crippen molar-refractivity contribution in [1.29, 1.82) is 0 Å². The molecule has 0 spiro atoms. The van der Waals surface area contributed by atoms with Gasteiger partial charge in [0.05, 0.1) is 6.10 Å². The number of carbonyl (C=O) groups excluding carboxylic acids is 1. The van der Waals surface area contributed by atoms with Crippen LogP contribution in [-0.2, 0) is 4.79 Å². The molecule has 2 heterocycles. The van der Waals surface area contributed by atoms with Crippen molar-refractivity contribution in [3.63, 3.8) is 0 Å². The fourth-order valence-corrected chi connectivity index (χ4v) is 3.63. The van der Waals surface area contributed by atoms with E-state index in [1.54, 1.807) is 0 Å². The number of urea groups is 1. The molecule has 0 radical (unpaired) electrons. The molecule has 2 amide bonds. The largest absolute Gasteiger partial charge is 0.480 e. The first-order chi connectivity index (χ1) is 8.58. The van der Waals surface area contributed by atoms with Crippen LogP contribution in [0, 0.1) is 5.92 Å². The minimum Gasteiger partial charge on any atom is -0.480 e. The number of nitrogens with zero attached hydrogens (tertiary/aromatic N) is 1. The van der Waals surface area contributed by atoms with Crippen LogP contribution in [-0.4, -0.2) is 63.9 Å². The normalized spacial score (nSPS) is 31.6. The molecule has 2 fully saturated rings. The van der Waals surface area contributed by atoms with Gasteiger partial charge in [-0.2, -0.15) is 11.8 Å². The minimum atomic E-state index is -1.06. The zero-order valence-corrected chi connectivity index (χ0v) is 10.9. The molecule has 0 saturated carbocycles. The molecule has 3 atom stereocenters. The molecule has 2 aliphatic rings. The van der Waals surface area contributed by atoms with Gasteiger partial charge in [-0.05, 0) is 23.8 Å². The first-order valence-corrected chi connectivity index (χ1v) is 7.26. The first-order valence-electron chi connectivity index (χ1n) is 6.11. The van der Waals surface area contributed by atoms with Gasteiger partial charge in [0.2, 0.25) is 0 Å². The number of rotatable bonds is 3. The summed E-state index contributed by atoms with van der Waals surface area (Å²) in [6.45, 7) is 0.687. The van der Waals surface area contributed by atoms with Crippen molar-refractivity contribution in [2.45, 2.75) is 25.0 Å². The molecular formula is C11H18N2O4S. The summed E-state index contributed by atoms with van der Waals surface area (Å²) in [6, 6.07) is -1.28. The smallest absolute Gasteiger partial charge is 0.326 e. The summed E-state index contributed by atoms with van der Waals surface area (Å²) in [5.74, 6) is 1.60. The topological polar surface area (TPSA) is 89.9 Å². The van der Waals surface area contributed by atoms with Gasteiger partial charge in [0.1, 0.15) is 6.04 Å². The van der Waals surface area contributed by atoms with Gasteiger partial charge in [0.25, 0.3) is 0 Å². The van der Waals surface area contributed by atoms with Gasteiger partial charge in [0, 0.05) is 19.5 Å². The molecule has 0 aromatic carbocycles. The summed E-state index contributed by atoms with van der Waals surface area (Å²) in [6.07, 6.45) is 0.469. The van der Waals surface area contributed by atoms with Crippen molar-refractivity contribution in [2.75, 3.05) is 24.6 Å². The Labute approximate surface area is 110 Å². The van der Waals surface area contributed by atoms with Crippen LogP contribution in [0.4, 0.5) is 4.79 Å². The van der Waals surface area contributed by atoms with Gasteiger partial charge in [-0.25, -0.2) is 9.59 Å². The van der Waals surface area contributed by atoms with Crippen LogP contribution in [0.3, 0.4) is 0 Å². The molecule has 2 rings (SSSR count). The van der Waals surface area contributed by atoms with Crippen LogP contribution in [0.25, 0.3) is 0 Å². The number of aliphatic carboxylic acids is 1. The monoisotopic (exact) mass is 274 g/mol. The Morgan fingerprint density at radius 1 is 1.44 bits per heavy atom. The second-order valence-electron chi connectivity index (χ2n) is 4.81. The Morgan fingerprint density at radius 3 is 2.83 bits per heavy atom. The van der Waals surface area contributed by atoms with Crippen LogP contribution in [0.15, 0.2) is 0 Å². The third-order valence-electron chi connectivity index (χ3n) is 3.39. The minimum absolute atomic E-state index is 0.0994. The summed E-state index contributed by atoms with van der Waals surface area (Å²) >= 11 is 1.87. The summed E-state index contributed by atoms with van der Waals surface area (Å²) in [5, 5.41) is 21.2. The highest BCUT2D eigenvalue weighted by molar-refractivity contribution is 7.99. The molecule has 102 valence electrons. The van der Waals surface area contributed by atoms with Crippen molar-refractivity contribution >= 4 is 23.8 Å². The van der Waals surface area contributed by atoms with Crippen molar-refractivity contribution in [1.82, 2.24) is 10.2 Å². The fraction of sp³-hybridized carbons (Fsp3) is 0.818. The van der Waals surface area contributed by atoms with Crippen LogP contribution in [0.1, 0.15) is 12.8 Å². The number of nitrogens with one attached hydrogen (secondary N) is 1. The van der Waals surface area contributed by atoms with Gasteiger partial charge in [0.15, 0.2) is 0 Å². The summed E-state index contributed by atoms with van der Waals surface area (Å²) in [7, 11) is 0. The van der Waals surface area contributed by atoms with E-state index in [9.17, 15) is 14.7 Å². The molecule has 0 aromatic heterocycles. The lowest BCUT2D eigenvalue weighted by Gasteiger charge is -2.22. The van der Waals surface area contributed by atoms with Gasteiger partial charge < -0.3 is 20.4 Å². The lowest BCUT2D eigenvalue weighted by Crippen LogP contribution is -2.47. The number of thioether (sulfide) groups is 1. The van der Waals surface area contributed by atoms with E-state index in [1.807, 2.05) is 11.8 Å². The predicted octanol–water partition coefficient (Wildman–Crippen LogP) is -0.0311. The van der Waals surface area contributed by atoms with E-state index in [2.05, 4.69) is 5.32 Å². The van der Waals surface area contributed by atoms with Gasteiger partial charge in [-0.1, -0.05) is 0 Å². The number of likely N-dealkylation sites (tertiary alicyclic amines) is 1. The summed E-state index contributed by atoms with van der Waals surface area (Å²) < 4.78 is 0. The molecule has 0 bridgehead atoms.